The summed E-state index contributed by atoms with van der Waals surface area (Å²) in [5.74, 6) is 0.638. The number of hydrogen-bond acceptors (Lipinski definition) is 4. The Bertz CT molecular complexity index is 864. The lowest BCUT2D eigenvalue weighted by Crippen LogP contribution is -2.33. The molecule has 0 saturated carbocycles. The van der Waals surface area contributed by atoms with E-state index in [1.807, 2.05) is 24.3 Å². The average Bonchev–Trinajstić information content (AvgIpc) is 2.91. The molecule has 2 amide bonds. The van der Waals surface area contributed by atoms with Gasteiger partial charge in [0.05, 0.1) is 11.8 Å². The SMILES string of the molecule is CS(=O)(=O)Cc1ccccc1NC(=O)NC1COc2ccccc21. The first-order chi connectivity index (χ1) is 11.4. The van der Waals surface area contributed by atoms with Crippen LogP contribution < -0.4 is 15.4 Å². The van der Waals surface area contributed by atoms with Crippen LogP contribution in [-0.2, 0) is 15.6 Å². The maximum Gasteiger partial charge on any atom is 0.319 e. The molecule has 1 heterocycles. The van der Waals surface area contributed by atoms with Crippen molar-refractivity contribution >= 4 is 21.6 Å². The summed E-state index contributed by atoms with van der Waals surface area (Å²) in [6.07, 6.45) is 1.16. The summed E-state index contributed by atoms with van der Waals surface area (Å²) < 4.78 is 28.5. The topological polar surface area (TPSA) is 84.5 Å². The molecule has 2 aromatic rings. The first-order valence-electron chi connectivity index (χ1n) is 7.47. The molecule has 0 aromatic heterocycles. The van der Waals surface area contributed by atoms with Crippen LogP contribution in [0.5, 0.6) is 5.75 Å². The molecule has 3 rings (SSSR count). The number of ether oxygens (including phenoxy) is 1. The Kier molecular flexibility index (Phi) is 4.44. The maximum atomic E-state index is 12.3. The molecule has 6 nitrogen and oxygen atoms in total. The third-order valence-corrected chi connectivity index (χ3v) is 4.52. The number of carbonyl (C=O) groups is 1. The number of hydrogen-bond donors (Lipinski definition) is 2. The normalized spacial score (nSPS) is 16.1. The van der Waals surface area contributed by atoms with Crippen LogP contribution in [-0.4, -0.2) is 27.3 Å². The van der Waals surface area contributed by atoms with E-state index in [1.54, 1.807) is 24.3 Å². The number of anilines is 1. The highest BCUT2D eigenvalue weighted by atomic mass is 32.2. The molecule has 2 aromatic carbocycles. The molecule has 1 aliphatic rings. The summed E-state index contributed by atoms with van der Waals surface area (Å²) in [4.78, 5) is 12.3. The van der Waals surface area contributed by atoms with Crippen LogP contribution in [0.1, 0.15) is 17.2 Å². The van der Waals surface area contributed by atoms with Gasteiger partial charge in [-0.2, -0.15) is 0 Å². The molecule has 1 unspecified atom stereocenters. The minimum atomic E-state index is -3.19. The first kappa shape index (κ1) is 16.3. The number of rotatable bonds is 4. The van der Waals surface area contributed by atoms with Crippen molar-refractivity contribution in [2.24, 2.45) is 0 Å². The van der Waals surface area contributed by atoms with Gasteiger partial charge in [0.15, 0.2) is 9.84 Å². The zero-order valence-corrected chi connectivity index (χ0v) is 14.0. The van der Waals surface area contributed by atoms with Gasteiger partial charge in [-0.15, -0.1) is 0 Å². The minimum Gasteiger partial charge on any atom is -0.491 e. The molecule has 0 radical (unpaired) electrons. The van der Waals surface area contributed by atoms with Crippen molar-refractivity contribution in [2.45, 2.75) is 11.8 Å². The third kappa shape index (κ3) is 3.86. The summed E-state index contributed by atoms with van der Waals surface area (Å²) in [5, 5.41) is 5.57. The summed E-state index contributed by atoms with van der Waals surface area (Å²) in [7, 11) is -3.19. The number of nitrogens with one attached hydrogen (secondary N) is 2. The number of urea groups is 1. The number of carbonyl (C=O) groups excluding carboxylic acids is 1. The van der Waals surface area contributed by atoms with Gasteiger partial charge in [-0.3, -0.25) is 0 Å². The van der Waals surface area contributed by atoms with Crippen molar-refractivity contribution < 1.29 is 17.9 Å². The van der Waals surface area contributed by atoms with Crippen LogP contribution in [0.4, 0.5) is 10.5 Å². The van der Waals surface area contributed by atoms with Gasteiger partial charge in [-0.1, -0.05) is 36.4 Å². The molecule has 24 heavy (non-hydrogen) atoms. The number of amides is 2. The van der Waals surface area contributed by atoms with E-state index < -0.39 is 15.9 Å². The fraction of sp³-hybridized carbons (Fsp3) is 0.235. The Hall–Kier alpha value is -2.54. The van der Waals surface area contributed by atoms with Crippen molar-refractivity contribution in [1.29, 1.82) is 0 Å². The van der Waals surface area contributed by atoms with E-state index in [1.165, 1.54) is 0 Å². The Labute approximate surface area is 140 Å². The van der Waals surface area contributed by atoms with Crippen LogP contribution in [0.3, 0.4) is 0 Å². The van der Waals surface area contributed by atoms with Crippen LogP contribution in [0, 0.1) is 0 Å². The smallest absolute Gasteiger partial charge is 0.319 e. The Morgan fingerprint density at radius 3 is 2.67 bits per heavy atom. The second-order valence-corrected chi connectivity index (χ2v) is 7.87. The van der Waals surface area contributed by atoms with Crippen molar-refractivity contribution in [1.82, 2.24) is 5.32 Å². The average molecular weight is 346 g/mol. The molecule has 0 aliphatic carbocycles. The molecule has 0 spiro atoms. The van der Waals surface area contributed by atoms with Crippen molar-refractivity contribution in [3.63, 3.8) is 0 Å². The van der Waals surface area contributed by atoms with Gasteiger partial charge >= 0.3 is 6.03 Å². The van der Waals surface area contributed by atoms with Crippen molar-refractivity contribution in [2.75, 3.05) is 18.2 Å². The van der Waals surface area contributed by atoms with Gasteiger partial charge in [-0.25, -0.2) is 13.2 Å². The highest BCUT2D eigenvalue weighted by molar-refractivity contribution is 7.89. The summed E-state index contributed by atoms with van der Waals surface area (Å²) in [6.45, 7) is 0.373. The number of benzene rings is 2. The molecule has 0 fully saturated rings. The van der Waals surface area contributed by atoms with Gasteiger partial charge in [-0.05, 0) is 17.7 Å². The van der Waals surface area contributed by atoms with E-state index >= 15 is 0 Å². The first-order valence-corrected chi connectivity index (χ1v) is 9.53. The van der Waals surface area contributed by atoms with Crippen molar-refractivity contribution in [3.05, 3.63) is 59.7 Å². The second-order valence-electron chi connectivity index (χ2n) is 5.73. The van der Waals surface area contributed by atoms with Crippen LogP contribution in [0.2, 0.25) is 0 Å². The molecule has 126 valence electrons. The van der Waals surface area contributed by atoms with E-state index in [4.69, 9.17) is 4.74 Å². The van der Waals surface area contributed by atoms with E-state index in [-0.39, 0.29) is 11.8 Å². The van der Waals surface area contributed by atoms with Gasteiger partial charge in [0.2, 0.25) is 0 Å². The van der Waals surface area contributed by atoms with E-state index in [2.05, 4.69) is 10.6 Å². The van der Waals surface area contributed by atoms with Gasteiger partial charge in [0.1, 0.15) is 12.4 Å². The number of para-hydroxylation sites is 2. The third-order valence-electron chi connectivity index (χ3n) is 3.69. The molecule has 0 bridgehead atoms. The lowest BCUT2D eigenvalue weighted by atomic mass is 10.1. The Balaban J connectivity index is 1.70. The largest absolute Gasteiger partial charge is 0.491 e. The highest BCUT2D eigenvalue weighted by Crippen LogP contribution is 2.31. The van der Waals surface area contributed by atoms with Gasteiger partial charge in [0.25, 0.3) is 0 Å². The predicted octanol–water partition coefficient (Wildman–Crippen LogP) is 2.49. The summed E-state index contributed by atoms with van der Waals surface area (Å²) in [5.41, 5.74) is 1.96. The lowest BCUT2D eigenvalue weighted by Gasteiger charge is -2.15. The lowest BCUT2D eigenvalue weighted by molar-refractivity contribution is 0.243. The molecule has 1 atom stereocenters. The van der Waals surface area contributed by atoms with E-state index in [0.717, 1.165) is 17.6 Å². The van der Waals surface area contributed by atoms with Gasteiger partial charge < -0.3 is 15.4 Å². The Morgan fingerprint density at radius 1 is 1.17 bits per heavy atom. The molecular formula is C17H18N2O4S. The number of sulfone groups is 1. The molecule has 1 aliphatic heterocycles. The highest BCUT2D eigenvalue weighted by Gasteiger charge is 2.25. The maximum absolute atomic E-state index is 12.3. The zero-order valence-electron chi connectivity index (χ0n) is 13.2. The van der Waals surface area contributed by atoms with Crippen LogP contribution in [0.25, 0.3) is 0 Å². The number of fused-ring (bicyclic) bond motifs is 1. The minimum absolute atomic E-state index is 0.126. The molecule has 2 N–H and O–H groups in total. The molecule has 0 saturated heterocycles. The zero-order chi connectivity index (χ0) is 17.2. The van der Waals surface area contributed by atoms with E-state index in [0.29, 0.717) is 17.9 Å². The summed E-state index contributed by atoms with van der Waals surface area (Å²) in [6, 6.07) is 13.7. The standard InChI is InChI=1S/C17H18N2O4S/c1-24(21,22)11-12-6-2-4-8-14(12)18-17(20)19-15-10-23-16-9-5-3-7-13(15)16/h2-9,15H,10-11H2,1H3,(H2,18,19,20). The van der Waals surface area contributed by atoms with Crippen LogP contribution in [0.15, 0.2) is 48.5 Å². The summed E-state index contributed by atoms with van der Waals surface area (Å²) >= 11 is 0. The fourth-order valence-electron chi connectivity index (χ4n) is 2.65. The Morgan fingerprint density at radius 2 is 1.88 bits per heavy atom. The van der Waals surface area contributed by atoms with Crippen LogP contribution >= 0.6 is 0 Å². The van der Waals surface area contributed by atoms with Crippen molar-refractivity contribution in [3.8, 4) is 5.75 Å². The quantitative estimate of drug-likeness (QED) is 0.891. The predicted molar refractivity (Wildman–Crippen MR) is 91.8 cm³/mol. The fourth-order valence-corrected chi connectivity index (χ4v) is 3.47. The second kappa shape index (κ2) is 6.52. The molecular weight excluding hydrogens is 328 g/mol. The molecule has 7 heteroatoms. The van der Waals surface area contributed by atoms with Gasteiger partial charge in [0, 0.05) is 17.5 Å². The van der Waals surface area contributed by atoms with E-state index in [9.17, 15) is 13.2 Å². The monoisotopic (exact) mass is 346 g/mol.